The lowest BCUT2D eigenvalue weighted by molar-refractivity contribution is -0.113. The molecule has 0 spiro atoms. The minimum Gasteiger partial charge on any atom is -0.507 e. The molecule has 1 aromatic heterocycles. The van der Waals surface area contributed by atoms with Gasteiger partial charge in [0.05, 0.1) is 11.1 Å². The zero-order valence-corrected chi connectivity index (χ0v) is 13.4. The molecule has 0 aromatic carbocycles. The quantitative estimate of drug-likeness (QED) is 0.821. The van der Waals surface area contributed by atoms with E-state index in [4.69, 9.17) is 0 Å². The lowest BCUT2D eigenvalue weighted by atomic mass is 9.87. The highest BCUT2D eigenvalue weighted by Crippen LogP contribution is 2.30. The number of hydrogen-bond acceptors (Lipinski definition) is 7. The maximum Gasteiger partial charge on any atom is 0.200 e. The van der Waals surface area contributed by atoms with Crippen molar-refractivity contribution in [1.82, 2.24) is 10.2 Å². The van der Waals surface area contributed by atoms with Gasteiger partial charge in [0.25, 0.3) is 0 Å². The number of carbonyl (C=O) groups excluding carboxylic acids is 2. The van der Waals surface area contributed by atoms with Gasteiger partial charge in [0, 0.05) is 11.6 Å². The summed E-state index contributed by atoms with van der Waals surface area (Å²) in [6, 6.07) is 0. The molecule has 2 aliphatic rings. The highest BCUT2D eigenvalue weighted by atomic mass is 32.1. The lowest BCUT2D eigenvalue weighted by Gasteiger charge is -2.18. The van der Waals surface area contributed by atoms with Crippen LogP contribution in [0.5, 0.6) is 0 Å². The van der Waals surface area contributed by atoms with Gasteiger partial charge in [0.1, 0.15) is 21.5 Å². The van der Waals surface area contributed by atoms with Gasteiger partial charge in [-0.1, -0.05) is 17.4 Å². The smallest absolute Gasteiger partial charge is 0.200 e. The Hall–Kier alpha value is -3.06. The molecular weight excluding hydrogens is 328 g/mol. The molecule has 0 saturated heterocycles. The first-order valence-electron chi connectivity index (χ1n) is 6.97. The van der Waals surface area contributed by atoms with Crippen LogP contribution in [0.2, 0.25) is 0 Å². The first-order chi connectivity index (χ1) is 11.5. The summed E-state index contributed by atoms with van der Waals surface area (Å²) in [7, 11) is 0. The minimum atomic E-state index is -0.306. The molecule has 1 aromatic rings. The summed E-state index contributed by atoms with van der Waals surface area (Å²) in [5, 5.41) is 28.9. The third-order valence-corrected chi connectivity index (χ3v) is 4.17. The van der Waals surface area contributed by atoms with Crippen LogP contribution in [0.3, 0.4) is 0 Å². The Morgan fingerprint density at radius 3 is 2.50 bits per heavy atom. The van der Waals surface area contributed by atoms with Gasteiger partial charge in [-0.2, -0.15) is 0 Å². The summed E-state index contributed by atoms with van der Waals surface area (Å²) in [5.74, 6) is -0.907. The average Bonchev–Trinajstić information content (AvgIpc) is 2.95. The molecule has 24 heavy (non-hydrogen) atoms. The van der Waals surface area contributed by atoms with Crippen molar-refractivity contribution >= 4 is 29.0 Å². The lowest BCUT2D eigenvalue weighted by Crippen LogP contribution is -2.20. The monoisotopic (exact) mass is 340 g/mol. The van der Waals surface area contributed by atoms with Crippen molar-refractivity contribution in [2.45, 2.75) is 6.92 Å². The summed E-state index contributed by atoms with van der Waals surface area (Å²) in [6.45, 7) is 1.83. The predicted octanol–water partition coefficient (Wildman–Crippen LogP) is 2.69. The molecule has 0 unspecified atom stereocenters. The maximum atomic E-state index is 12.1. The average molecular weight is 340 g/mol. The second kappa shape index (κ2) is 6.21. The van der Waals surface area contributed by atoms with Crippen molar-refractivity contribution < 1.29 is 19.8 Å². The number of nitrogens with zero attached hydrogens (tertiary/aromatic N) is 2. The minimum absolute atomic E-state index is 0.117. The van der Waals surface area contributed by atoms with Gasteiger partial charge in [0.2, 0.25) is 5.78 Å². The van der Waals surface area contributed by atoms with Crippen LogP contribution in [0.25, 0.3) is 6.08 Å². The summed E-state index contributed by atoms with van der Waals surface area (Å²) in [4.78, 5) is 23.1. The summed E-state index contributed by atoms with van der Waals surface area (Å²) >= 11 is 1.38. The Morgan fingerprint density at radius 1 is 1.08 bits per heavy atom. The summed E-state index contributed by atoms with van der Waals surface area (Å²) in [5.41, 5.74) is 0.728. The standard InChI is InChI=1S/C17H12N2O4S/c1-9-18-19-15(24-9)7-6-13-16(22)12(17(13)23)5-3-10-2-4-11(20)8-14(10)21/h2-8,21-22H,1H3/b7-6+,10-3-,12-5+. The zero-order valence-electron chi connectivity index (χ0n) is 12.6. The van der Waals surface area contributed by atoms with Gasteiger partial charge >= 0.3 is 0 Å². The third kappa shape index (κ3) is 3.02. The van der Waals surface area contributed by atoms with Crippen LogP contribution < -0.4 is 0 Å². The number of carbonyl (C=O) groups is 2. The van der Waals surface area contributed by atoms with Gasteiger partial charge < -0.3 is 10.2 Å². The van der Waals surface area contributed by atoms with Crippen LogP contribution in [0.15, 0.2) is 64.7 Å². The summed E-state index contributed by atoms with van der Waals surface area (Å²) < 4.78 is 0. The van der Waals surface area contributed by atoms with Crippen LogP contribution in [-0.2, 0) is 9.59 Å². The van der Waals surface area contributed by atoms with Crippen molar-refractivity contribution in [3.63, 3.8) is 0 Å². The van der Waals surface area contributed by atoms with Gasteiger partial charge in [0.15, 0.2) is 5.78 Å². The fraction of sp³-hybridized carbons (Fsp3) is 0.0588. The van der Waals surface area contributed by atoms with Crippen molar-refractivity contribution in [3.8, 4) is 0 Å². The second-order valence-electron chi connectivity index (χ2n) is 5.05. The van der Waals surface area contributed by atoms with E-state index < -0.39 is 0 Å². The second-order valence-corrected chi connectivity index (χ2v) is 6.26. The number of allylic oxidation sites excluding steroid dienone is 8. The first-order valence-corrected chi connectivity index (χ1v) is 7.79. The molecule has 1 heterocycles. The van der Waals surface area contributed by atoms with E-state index in [1.807, 2.05) is 6.92 Å². The Kier molecular flexibility index (Phi) is 4.09. The Morgan fingerprint density at radius 2 is 1.88 bits per heavy atom. The maximum absolute atomic E-state index is 12.1. The molecule has 0 bridgehead atoms. The van der Waals surface area contributed by atoms with E-state index in [0.717, 1.165) is 11.1 Å². The molecule has 3 rings (SSSR count). The van der Waals surface area contributed by atoms with Crippen molar-refractivity contribution in [3.05, 3.63) is 74.7 Å². The number of aliphatic hydroxyl groups is 2. The van der Waals surface area contributed by atoms with E-state index in [9.17, 15) is 19.8 Å². The molecule has 2 aliphatic carbocycles. The molecule has 0 aliphatic heterocycles. The largest absolute Gasteiger partial charge is 0.507 e. The molecule has 0 amide bonds. The number of hydrogen-bond donors (Lipinski definition) is 2. The molecular formula is C17H12N2O4S. The van der Waals surface area contributed by atoms with Crippen molar-refractivity contribution in [2.24, 2.45) is 0 Å². The molecule has 0 atom stereocenters. The molecule has 6 nitrogen and oxygen atoms in total. The topological polar surface area (TPSA) is 100 Å². The van der Waals surface area contributed by atoms with Gasteiger partial charge in [-0.25, -0.2) is 0 Å². The van der Waals surface area contributed by atoms with E-state index in [1.54, 1.807) is 6.08 Å². The van der Waals surface area contributed by atoms with Crippen LogP contribution in [0.4, 0.5) is 0 Å². The number of rotatable bonds is 3. The SMILES string of the molecule is Cc1nnc(/C=C/C2=C(O)C(=C\C=C3\C=CC(=O)C=C3O)/C2=O)s1. The number of Topliss-reactive ketones (excluding diaryl/α,β-unsaturated/α-hetero) is 1. The highest BCUT2D eigenvalue weighted by molar-refractivity contribution is 7.12. The van der Waals surface area contributed by atoms with Gasteiger partial charge in [-0.05, 0) is 37.3 Å². The van der Waals surface area contributed by atoms with Gasteiger partial charge in [-0.3, -0.25) is 9.59 Å². The number of ketones is 2. The fourth-order valence-corrected chi connectivity index (χ4v) is 2.73. The molecule has 0 radical (unpaired) electrons. The Labute approximate surface area is 141 Å². The molecule has 120 valence electrons. The molecule has 0 fully saturated rings. The van der Waals surface area contributed by atoms with E-state index in [0.29, 0.717) is 10.6 Å². The van der Waals surface area contributed by atoms with Crippen molar-refractivity contribution in [1.29, 1.82) is 0 Å². The van der Waals surface area contributed by atoms with E-state index in [1.165, 1.54) is 41.7 Å². The van der Waals surface area contributed by atoms with Crippen LogP contribution in [-0.4, -0.2) is 32.0 Å². The number of aromatic nitrogens is 2. The first kappa shape index (κ1) is 15.8. The van der Waals surface area contributed by atoms with Crippen LogP contribution in [0.1, 0.15) is 10.0 Å². The van der Waals surface area contributed by atoms with E-state index >= 15 is 0 Å². The number of aliphatic hydroxyl groups excluding tert-OH is 2. The zero-order chi connectivity index (χ0) is 17.3. The van der Waals surface area contributed by atoms with Gasteiger partial charge in [-0.15, -0.1) is 10.2 Å². The fourth-order valence-electron chi connectivity index (χ4n) is 2.12. The Bertz CT molecular complexity index is 926. The third-order valence-electron chi connectivity index (χ3n) is 3.37. The Balaban J connectivity index is 1.80. The molecule has 7 heteroatoms. The highest BCUT2D eigenvalue weighted by Gasteiger charge is 2.31. The predicted molar refractivity (Wildman–Crippen MR) is 89.4 cm³/mol. The molecule has 2 N–H and O–H groups in total. The normalized spacial score (nSPS) is 21.1. The summed E-state index contributed by atoms with van der Waals surface area (Å²) in [6.07, 6.45) is 9.82. The van der Waals surface area contributed by atoms with E-state index in [-0.39, 0.29) is 34.2 Å². The molecule has 0 saturated carbocycles. The van der Waals surface area contributed by atoms with Crippen LogP contribution in [0, 0.1) is 6.92 Å². The van der Waals surface area contributed by atoms with Crippen molar-refractivity contribution in [2.75, 3.05) is 0 Å². The van der Waals surface area contributed by atoms with E-state index in [2.05, 4.69) is 10.2 Å². The van der Waals surface area contributed by atoms with Crippen LogP contribution >= 0.6 is 11.3 Å². The number of aryl methyl sites for hydroxylation is 1.